The lowest BCUT2D eigenvalue weighted by Gasteiger charge is -2.11. The standard InChI is InChI=1S/C38H21N3S2/c1-2-10-23-20-31-29(19-22(23)9-1)25-11-3-6-14-30(25)41(31)38-39-36(35-28-13-5-8-16-33(28)43-37(35)40-38)24-17-18-27-26-12-4-7-15-32(26)42-34(27)21-24/h1-21H. The highest BCUT2D eigenvalue weighted by atomic mass is 32.1. The lowest BCUT2D eigenvalue weighted by Crippen LogP contribution is -2.02. The molecule has 6 aromatic carbocycles. The molecule has 0 aliphatic carbocycles. The fourth-order valence-electron chi connectivity index (χ4n) is 6.66. The van der Waals surface area contributed by atoms with E-state index in [0.717, 1.165) is 32.5 Å². The van der Waals surface area contributed by atoms with E-state index < -0.39 is 0 Å². The minimum absolute atomic E-state index is 0.701. The van der Waals surface area contributed by atoms with Crippen LogP contribution < -0.4 is 0 Å². The molecule has 0 spiro atoms. The average molecular weight is 584 g/mol. The number of fused-ring (bicyclic) bond motifs is 10. The van der Waals surface area contributed by atoms with Gasteiger partial charge in [0.15, 0.2) is 0 Å². The Kier molecular flexibility index (Phi) is 4.75. The van der Waals surface area contributed by atoms with Gasteiger partial charge in [0.1, 0.15) is 4.83 Å². The van der Waals surface area contributed by atoms with Gasteiger partial charge in [0.05, 0.1) is 16.7 Å². The topological polar surface area (TPSA) is 30.7 Å². The predicted molar refractivity (Wildman–Crippen MR) is 185 cm³/mol. The quantitative estimate of drug-likeness (QED) is 0.203. The predicted octanol–water partition coefficient (Wildman–Crippen LogP) is 11.1. The Balaban J connectivity index is 1.33. The first-order valence-electron chi connectivity index (χ1n) is 14.3. The summed E-state index contributed by atoms with van der Waals surface area (Å²) in [6.45, 7) is 0. The number of para-hydroxylation sites is 1. The molecule has 10 aromatic rings. The van der Waals surface area contributed by atoms with E-state index >= 15 is 0 Å². The van der Waals surface area contributed by atoms with E-state index in [2.05, 4.69) is 132 Å². The second kappa shape index (κ2) is 8.71. The summed E-state index contributed by atoms with van der Waals surface area (Å²) in [5.41, 5.74) is 4.32. The highest BCUT2D eigenvalue weighted by Gasteiger charge is 2.20. The smallest absolute Gasteiger partial charge is 0.236 e. The molecule has 0 saturated heterocycles. The van der Waals surface area contributed by atoms with Gasteiger partial charge in [-0.2, -0.15) is 0 Å². The molecule has 0 bridgehead atoms. The van der Waals surface area contributed by atoms with Crippen LogP contribution in [0.25, 0.3) is 90.3 Å². The lowest BCUT2D eigenvalue weighted by molar-refractivity contribution is 1.02. The van der Waals surface area contributed by atoms with Crippen LogP contribution in [0.3, 0.4) is 0 Å². The van der Waals surface area contributed by atoms with Crippen molar-refractivity contribution in [2.24, 2.45) is 0 Å². The molecule has 43 heavy (non-hydrogen) atoms. The van der Waals surface area contributed by atoms with Gasteiger partial charge in [0, 0.05) is 52.0 Å². The molecule has 3 nitrogen and oxygen atoms in total. The van der Waals surface area contributed by atoms with Crippen molar-refractivity contribution >= 4 is 95.7 Å². The van der Waals surface area contributed by atoms with Crippen molar-refractivity contribution in [2.75, 3.05) is 0 Å². The highest BCUT2D eigenvalue weighted by Crippen LogP contribution is 2.42. The summed E-state index contributed by atoms with van der Waals surface area (Å²) in [6.07, 6.45) is 0. The fourth-order valence-corrected chi connectivity index (χ4v) is 8.88. The first kappa shape index (κ1) is 23.5. The summed E-state index contributed by atoms with van der Waals surface area (Å²) < 4.78 is 6.06. The molecule has 0 amide bonds. The summed E-state index contributed by atoms with van der Waals surface area (Å²) in [5.74, 6) is 0.701. The zero-order valence-corrected chi connectivity index (χ0v) is 24.4. The minimum Gasteiger partial charge on any atom is -0.278 e. The van der Waals surface area contributed by atoms with Gasteiger partial charge in [-0.1, -0.05) is 91.0 Å². The summed E-state index contributed by atoms with van der Waals surface area (Å²) in [4.78, 5) is 11.7. The molecule has 4 heterocycles. The van der Waals surface area contributed by atoms with E-state index in [1.165, 1.54) is 51.8 Å². The molecule has 0 atom stereocenters. The summed E-state index contributed by atoms with van der Waals surface area (Å²) in [7, 11) is 0. The molecule has 0 radical (unpaired) electrons. The zero-order chi connectivity index (χ0) is 28.1. The van der Waals surface area contributed by atoms with E-state index in [4.69, 9.17) is 9.97 Å². The Bertz CT molecular complexity index is 2750. The van der Waals surface area contributed by atoms with Crippen molar-refractivity contribution in [3.8, 4) is 17.2 Å². The molecular weight excluding hydrogens is 563 g/mol. The van der Waals surface area contributed by atoms with Gasteiger partial charge in [-0.25, -0.2) is 9.97 Å². The molecule has 10 rings (SSSR count). The van der Waals surface area contributed by atoms with Crippen LogP contribution in [0.4, 0.5) is 0 Å². The van der Waals surface area contributed by atoms with Gasteiger partial charge in [-0.05, 0) is 47.2 Å². The number of benzene rings is 6. The van der Waals surface area contributed by atoms with Crippen LogP contribution >= 0.6 is 22.7 Å². The normalized spacial score (nSPS) is 12.2. The highest BCUT2D eigenvalue weighted by molar-refractivity contribution is 7.26. The van der Waals surface area contributed by atoms with Crippen LogP contribution in [0.15, 0.2) is 127 Å². The summed E-state index contributed by atoms with van der Waals surface area (Å²) in [5, 5.41) is 9.78. The lowest BCUT2D eigenvalue weighted by atomic mass is 10.0. The van der Waals surface area contributed by atoms with Crippen LogP contribution in [-0.4, -0.2) is 14.5 Å². The molecule has 0 aliphatic heterocycles. The van der Waals surface area contributed by atoms with E-state index in [-0.39, 0.29) is 0 Å². The van der Waals surface area contributed by atoms with Crippen LogP contribution in [0.2, 0.25) is 0 Å². The number of aromatic nitrogens is 3. The van der Waals surface area contributed by atoms with Crippen molar-refractivity contribution in [2.45, 2.75) is 0 Å². The largest absolute Gasteiger partial charge is 0.278 e. The van der Waals surface area contributed by atoms with Crippen molar-refractivity contribution in [3.05, 3.63) is 127 Å². The maximum atomic E-state index is 5.44. The number of rotatable bonds is 2. The van der Waals surface area contributed by atoms with Crippen LogP contribution in [0.5, 0.6) is 0 Å². The van der Waals surface area contributed by atoms with Crippen molar-refractivity contribution < 1.29 is 0 Å². The van der Waals surface area contributed by atoms with Crippen molar-refractivity contribution in [3.63, 3.8) is 0 Å². The van der Waals surface area contributed by atoms with Gasteiger partial charge >= 0.3 is 0 Å². The van der Waals surface area contributed by atoms with Gasteiger partial charge in [-0.3, -0.25) is 4.57 Å². The summed E-state index contributed by atoms with van der Waals surface area (Å²) in [6, 6.07) is 45.8. The third kappa shape index (κ3) is 3.35. The van der Waals surface area contributed by atoms with Crippen LogP contribution in [0, 0.1) is 0 Å². The Hall–Kier alpha value is -5.10. The second-order valence-electron chi connectivity index (χ2n) is 11.0. The van der Waals surface area contributed by atoms with Crippen molar-refractivity contribution in [1.82, 2.24) is 14.5 Å². The number of thiophene rings is 2. The van der Waals surface area contributed by atoms with E-state index in [9.17, 15) is 0 Å². The number of hydrogen-bond acceptors (Lipinski definition) is 4. The van der Waals surface area contributed by atoms with Crippen molar-refractivity contribution in [1.29, 1.82) is 0 Å². The molecule has 0 unspecified atom stereocenters. The van der Waals surface area contributed by atoms with E-state index in [1.807, 2.05) is 11.3 Å². The van der Waals surface area contributed by atoms with Crippen LogP contribution in [0.1, 0.15) is 0 Å². The maximum Gasteiger partial charge on any atom is 0.236 e. The molecule has 200 valence electrons. The van der Waals surface area contributed by atoms with Gasteiger partial charge in [0.2, 0.25) is 5.95 Å². The monoisotopic (exact) mass is 583 g/mol. The number of nitrogens with zero attached hydrogens (tertiary/aromatic N) is 3. The Morgan fingerprint density at radius 3 is 2.00 bits per heavy atom. The van der Waals surface area contributed by atoms with Crippen LogP contribution in [-0.2, 0) is 0 Å². The molecule has 4 aromatic heterocycles. The third-order valence-corrected chi connectivity index (χ3v) is 10.8. The van der Waals surface area contributed by atoms with E-state index in [1.54, 1.807) is 11.3 Å². The fraction of sp³-hybridized carbons (Fsp3) is 0. The van der Waals surface area contributed by atoms with E-state index in [0.29, 0.717) is 5.95 Å². The zero-order valence-electron chi connectivity index (χ0n) is 22.8. The Labute approximate surface area is 253 Å². The first-order valence-corrected chi connectivity index (χ1v) is 16.0. The van der Waals surface area contributed by atoms with Gasteiger partial charge in [0.25, 0.3) is 0 Å². The average Bonchev–Trinajstić information content (AvgIpc) is 3.72. The number of hydrogen-bond donors (Lipinski definition) is 0. The first-order chi connectivity index (χ1) is 21.3. The molecule has 0 fully saturated rings. The molecule has 0 aliphatic rings. The Morgan fingerprint density at radius 2 is 1.14 bits per heavy atom. The maximum absolute atomic E-state index is 5.44. The summed E-state index contributed by atoms with van der Waals surface area (Å²) >= 11 is 3.58. The minimum atomic E-state index is 0.701. The SMILES string of the molecule is c1ccc2cc3c(cc2c1)c1ccccc1n3-c1nc(-c2ccc3c(c2)sc2ccccc23)c2c(n1)sc1ccccc12. The molecule has 0 N–H and O–H groups in total. The van der Waals surface area contributed by atoms with Gasteiger partial charge in [-0.15, -0.1) is 22.7 Å². The molecule has 0 saturated carbocycles. The van der Waals surface area contributed by atoms with Gasteiger partial charge < -0.3 is 0 Å². The second-order valence-corrected chi connectivity index (χ2v) is 13.1. The molecule has 5 heteroatoms. The third-order valence-electron chi connectivity index (χ3n) is 8.62. The molecular formula is C38H21N3S2. The Morgan fingerprint density at radius 1 is 0.465 bits per heavy atom.